The van der Waals surface area contributed by atoms with Gasteiger partial charge in [-0.05, 0) is 30.4 Å². The van der Waals surface area contributed by atoms with Crippen molar-refractivity contribution in [3.63, 3.8) is 0 Å². The van der Waals surface area contributed by atoms with E-state index >= 15 is 0 Å². The van der Waals surface area contributed by atoms with Crippen LogP contribution in [0.5, 0.6) is 0 Å². The molecule has 100 valence electrons. The molecule has 0 aromatic heterocycles. The van der Waals surface area contributed by atoms with Gasteiger partial charge in [-0.2, -0.15) is 0 Å². The summed E-state index contributed by atoms with van der Waals surface area (Å²) in [5, 5.41) is 0. The third kappa shape index (κ3) is 2.20. The van der Waals surface area contributed by atoms with Crippen molar-refractivity contribution in [2.24, 2.45) is 0 Å². The van der Waals surface area contributed by atoms with Crippen molar-refractivity contribution >= 4 is 23.6 Å². The highest BCUT2D eigenvalue weighted by Crippen LogP contribution is 2.40. The summed E-state index contributed by atoms with van der Waals surface area (Å²) in [5.74, 6) is 0.0526. The highest BCUT2D eigenvalue weighted by molar-refractivity contribution is 8.02. The minimum atomic E-state index is -0.152. The molecule has 0 amide bonds. The van der Waals surface area contributed by atoms with Crippen molar-refractivity contribution in [2.45, 2.75) is 12.8 Å². The molecule has 1 aliphatic rings. The monoisotopic (exact) mass is 280 g/mol. The maximum absolute atomic E-state index is 12.8. The molecule has 0 saturated heterocycles. The fraction of sp³-hybridized carbons (Fsp3) is 0.167. The maximum Gasteiger partial charge on any atom is 0.175 e. The largest absolute Gasteiger partial charge is 0.293 e. The summed E-state index contributed by atoms with van der Waals surface area (Å²) in [7, 11) is 0. The zero-order valence-electron chi connectivity index (χ0n) is 11.6. The molecule has 0 bridgehead atoms. The third-order valence-corrected chi connectivity index (χ3v) is 4.54. The van der Waals surface area contributed by atoms with Crippen molar-refractivity contribution in [3.8, 4) is 0 Å². The first-order chi connectivity index (χ1) is 9.70. The molecule has 1 aliphatic carbocycles. The van der Waals surface area contributed by atoms with Gasteiger partial charge in [0.2, 0.25) is 0 Å². The van der Waals surface area contributed by atoms with E-state index in [0.29, 0.717) is 0 Å². The molecule has 2 aromatic carbocycles. The Balaban J connectivity index is 2.12. The van der Waals surface area contributed by atoms with Crippen LogP contribution in [0.25, 0.3) is 6.08 Å². The second kappa shape index (κ2) is 5.29. The van der Waals surface area contributed by atoms with E-state index in [-0.39, 0.29) is 11.7 Å². The molecule has 1 unspecified atom stereocenters. The lowest BCUT2D eigenvalue weighted by Crippen LogP contribution is -2.18. The van der Waals surface area contributed by atoms with E-state index < -0.39 is 0 Å². The predicted octanol–water partition coefficient (Wildman–Crippen LogP) is 4.68. The van der Waals surface area contributed by atoms with Crippen molar-refractivity contribution in [2.75, 3.05) is 6.26 Å². The Morgan fingerprint density at radius 3 is 2.40 bits per heavy atom. The number of ketones is 1. The van der Waals surface area contributed by atoms with Crippen LogP contribution in [0.2, 0.25) is 0 Å². The zero-order chi connectivity index (χ0) is 14.1. The van der Waals surface area contributed by atoms with E-state index in [1.54, 1.807) is 11.8 Å². The summed E-state index contributed by atoms with van der Waals surface area (Å²) in [6.07, 6.45) is 4.18. The first-order valence-electron chi connectivity index (χ1n) is 6.66. The zero-order valence-corrected chi connectivity index (χ0v) is 12.4. The maximum atomic E-state index is 12.8. The molecule has 0 radical (unpaired) electrons. The van der Waals surface area contributed by atoms with Crippen LogP contribution in [0.15, 0.2) is 53.4 Å². The number of thioether (sulfide) groups is 1. The Morgan fingerprint density at radius 1 is 1.00 bits per heavy atom. The second-order valence-corrected chi connectivity index (χ2v) is 5.93. The summed E-state index contributed by atoms with van der Waals surface area (Å²) in [6, 6.07) is 16.1. The van der Waals surface area contributed by atoms with Crippen LogP contribution in [-0.2, 0) is 0 Å². The van der Waals surface area contributed by atoms with Gasteiger partial charge in [0.25, 0.3) is 0 Å². The number of carbonyl (C=O) groups excluding carboxylic acids is 1. The quantitative estimate of drug-likeness (QED) is 0.794. The van der Waals surface area contributed by atoms with Crippen LogP contribution in [-0.4, -0.2) is 12.0 Å². The van der Waals surface area contributed by atoms with Gasteiger partial charge < -0.3 is 0 Å². The molecule has 1 nitrogen and oxygen atoms in total. The van der Waals surface area contributed by atoms with E-state index in [0.717, 1.165) is 21.6 Å². The Morgan fingerprint density at radius 2 is 1.70 bits per heavy atom. The molecular formula is C18H16OS. The first kappa shape index (κ1) is 13.2. The van der Waals surface area contributed by atoms with Crippen molar-refractivity contribution in [1.29, 1.82) is 0 Å². The van der Waals surface area contributed by atoms with Crippen molar-refractivity contribution < 1.29 is 4.79 Å². The standard InChI is InChI=1S/C18H16OS/c1-12-7-9-13(10-8-12)17-16(20-2)11-14-5-3-4-6-15(14)18(17)19/h3-11,17H,1-2H3. The number of Topliss-reactive ketones (excluding diaryl/α,β-unsaturated/α-hetero) is 1. The van der Waals surface area contributed by atoms with Crippen LogP contribution in [0.4, 0.5) is 0 Å². The minimum absolute atomic E-state index is 0.152. The van der Waals surface area contributed by atoms with Crippen LogP contribution in [0.3, 0.4) is 0 Å². The Bertz CT molecular complexity index is 683. The normalized spacial score (nSPS) is 17.6. The molecule has 2 aromatic rings. The number of benzene rings is 2. The van der Waals surface area contributed by atoms with E-state index in [1.165, 1.54) is 5.56 Å². The van der Waals surface area contributed by atoms with Gasteiger partial charge in [-0.1, -0.05) is 54.1 Å². The smallest absolute Gasteiger partial charge is 0.175 e. The van der Waals surface area contributed by atoms with E-state index in [9.17, 15) is 4.79 Å². The van der Waals surface area contributed by atoms with Gasteiger partial charge in [0.1, 0.15) is 0 Å². The summed E-state index contributed by atoms with van der Waals surface area (Å²) in [6.45, 7) is 2.06. The second-order valence-electron chi connectivity index (χ2n) is 5.05. The van der Waals surface area contributed by atoms with E-state index in [4.69, 9.17) is 0 Å². The summed E-state index contributed by atoms with van der Waals surface area (Å²) in [5.41, 5.74) is 4.16. The van der Waals surface area contributed by atoms with Gasteiger partial charge in [-0.3, -0.25) is 4.79 Å². The van der Waals surface area contributed by atoms with Gasteiger partial charge >= 0.3 is 0 Å². The molecule has 0 aliphatic heterocycles. The number of hydrogen-bond acceptors (Lipinski definition) is 2. The molecule has 0 saturated carbocycles. The topological polar surface area (TPSA) is 17.1 Å². The lowest BCUT2D eigenvalue weighted by atomic mass is 9.83. The van der Waals surface area contributed by atoms with Crippen LogP contribution < -0.4 is 0 Å². The number of fused-ring (bicyclic) bond motifs is 1. The SMILES string of the molecule is CSC1=Cc2ccccc2C(=O)C1c1ccc(C)cc1. The highest BCUT2D eigenvalue weighted by Gasteiger charge is 2.30. The lowest BCUT2D eigenvalue weighted by Gasteiger charge is -2.24. The highest BCUT2D eigenvalue weighted by atomic mass is 32.2. The van der Waals surface area contributed by atoms with E-state index in [1.807, 2.05) is 30.5 Å². The molecule has 3 rings (SSSR count). The van der Waals surface area contributed by atoms with Crippen molar-refractivity contribution in [3.05, 3.63) is 75.7 Å². The van der Waals surface area contributed by atoms with Gasteiger partial charge in [0.15, 0.2) is 5.78 Å². The molecule has 2 heteroatoms. The average molecular weight is 280 g/mol. The van der Waals surface area contributed by atoms with Crippen LogP contribution >= 0.6 is 11.8 Å². The summed E-state index contributed by atoms with van der Waals surface area (Å²) in [4.78, 5) is 13.9. The van der Waals surface area contributed by atoms with Crippen LogP contribution in [0.1, 0.15) is 33.0 Å². The molecule has 20 heavy (non-hydrogen) atoms. The number of rotatable bonds is 2. The van der Waals surface area contributed by atoms with Gasteiger partial charge in [-0.25, -0.2) is 0 Å². The average Bonchev–Trinajstić information content (AvgIpc) is 2.48. The molecule has 0 N–H and O–H groups in total. The Kier molecular flexibility index (Phi) is 3.49. The number of carbonyl (C=O) groups is 1. The van der Waals surface area contributed by atoms with Gasteiger partial charge in [0.05, 0.1) is 5.92 Å². The summed E-state index contributed by atoms with van der Waals surface area (Å²) < 4.78 is 0. The lowest BCUT2D eigenvalue weighted by molar-refractivity contribution is 0.0973. The van der Waals surface area contributed by atoms with Crippen LogP contribution in [0, 0.1) is 6.92 Å². The number of hydrogen-bond donors (Lipinski definition) is 0. The molecule has 0 fully saturated rings. The molecule has 1 atom stereocenters. The van der Waals surface area contributed by atoms with Gasteiger partial charge in [0, 0.05) is 10.5 Å². The molecular weight excluding hydrogens is 264 g/mol. The fourth-order valence-corrected chi connectivity index (χ4v) is 3.34. The third-order valence-electron chi connectivity index (χ3n) is 3.72. The number of aryl methyl sites for hydroxylation is 1. The van der Waals surface area contributed by atoms with Crippen molar-refractivity contribution in [1.82, 2.24) is 0 Å². The first-order valence-corrected chi connectivity index (χ1v) is 7.88. The van der Waals surface area contributed by atoms with E-state index in [2.05, 4.69) is 37.3 Å². The molecule has 0 heterocycles. The fourth-order valence-electron chi connectivity index (χ4n) is 2.62. The predicted molar refractivity (Wildman–Crippen MR) is 86.2 cm³/mol. The number of allylic oxidation sites excluding steroid dienone is 1. The summed E-state index contributed by atoms with van der Waals surface area (Å²) >= 11 is 1.66. The minimum Gasteiger partial charge on any atom is -0.293 e. The Hall–Kier alpha value is -1.80. The molecule has 0 spiro atoms. The Labute approximate surface area is 123 Å². The van der Waals surface area contributed by atoms with Gasteiger partial charge in [-0.15, -0.1) is 11.8 Å².